The van der Waals surface area contributed by atoms with Gasteiger partial charge in [-0.1, -0.05) is 36.4 Å². The molecule has 3 heterocycles. The summed E-state index contributed by atoms with van der Waals surface area (Å²) in [5.41, 5.74) is 1.39. The smallest absolute Gasteiger partial charge is 0.277 e. The third-order valence-electron chi connectivity index (χ3n) is 6.01. The predicted octanol–water partition coefficient (Wildman–Crippen LogP) is -0.984. The van der Waals surface area contributed by atoms with E-state index in [1.807, 2.05) is 27.3 Å². The molecule has 154 valence electrons. The molecule has 2 N–H and O–H groups in total. The molecule has 6 nitrogen and oxygen atoms in total. The molecular formula is C22H30N4O2S+2. The lowest BCUT2D eigenvalue weighted by Crippen LogP contribution is -3.28. The number of nitrogens with one attached hydrogen (secondary N) is 2. The first kappa shape index (κ1) is 20.1. The van der Waals surface area contributed by atoms with Gasteiger partial charge in [0.15, 0.2) is 6.54 Å². The van der Waals surface area contributed by atoms with Gasteiger partial charge in [-0.3, -0.25) is 9.59 Å². The lowest BCUT2D eigenvalue weighted by Gasteiger charge is -2.36. The van der Waals surface area contributed by atoms with Gasteiger partial charge in [-0.15, -0.1) is 11.3 Å². The summed E-state index contributed by atoms with van der Waals surface area (Å²) in [6.45, 7) is 8.53. The van der Waals surface area contributed by atoms with Crippen LogP contribution in [0.15, 0.2) is 47.8 Å². The molecule has 0 radical (unpaired) electrons. The van der Waals surface area contributed by atoms with Gasteiger partial charge in [-0.2, -0.15) is 0 Å². The second kappa shape index (κ2) is 9.52. The molecule has 7 heteroatoms. The van der Waals surface area contributed by atoms with Gasteiger partial charge in [0.2, 0.25) is 0 Å². The molecule has 0 atom stereocenters. The molecule has 2 aliphatic heterocycles. The van der Waals surface area contributed by atoms with E-state index in [2.05, 4.69) is 30.3 Å². The van der Waals surface area contributed by atoms with Crippen molar-refractivity contribution in [3.05, 3.63) is 58.3 Å². The highest BCUT2D eigenvalue weighted by Gasteiger charge is 2.29. The van der Waals surface area contributed by atoms with Crippen molar-refractivity contribution in [3.63, 3.8) is 0 Å². The van der Waals surface area contributed by atoms with Crippen molar-refractivity contribution in [2.24, 2.45) is 0 Å². The Kier molecular flexibility index (Phi) is 6.59. The van der Waals surface area contributed by atoms with Crippen molar-refractivity contribution in [3.8, 4) is 0 Å². The average molecular weight is 415 g/mol. The first-order valence-corrected chi connectivity index (χ1v) is 11.4. The molecule has 2 amide bonds. The maximum absolute atomic E-state index is 12.7. The molecule has 0 saturated carbocycles. The quantitative estimate of drug-likeness (QED) is 0.661. The molecular weight excluding hydrogens is 384 g/mol. The van der Waals surface area contributed by atoms with Crippen LogP contribution < -0.4 is 9.80 Å². The molecule has 0 aliphatic carbocycles. The first-order chi connectivity index (χ1) is 14.2. The van der Waals surface area contributed by atoms with Gasteiger partial charge in [-0.25, -0.2) is 0 Å². The molecule has 0 bridgehead atoms. The summed E-state index contributed by atoms with van der Waals surface area (Å²) in [5.74, 6) is 0.324. The van der Waals surface area contributed by atoms with Gasteiger partial charge in [-0.05, 0) is 11.4 Å². The maximum atomic E-state index is 12.7. The molecule has 0 spiro atoms. The Labute approximate surface area is 176 Å². The number of rotatable bonds is 5. The molecule has 2 fully saturated rings. The standard InChI is InChI=1S/C22H28N4O2S/c27-21(25-12-14-26(15-13-25)22(28)20-7-4-16-29-20)18-24-10-8-23(9-11-24)17-19-5-2-1-3-6-19/h1-7,16H,8-15,17-18H2/p+2. The van der Waals surface area contributed by atoms with E-state index >= 15 is 0 Å². The lowest BCUT2D eigenvalue weighted by atomic mass is 10.2. The first-order valence-electron chi connectivity index (χ1n) is 10.5. The van der Waals surface area contributed by atoms with Gasteiger partial charge < -0.3 is 19.6 Å². The van der Waals surface area contributed by atoms with Crippen LogP contribution in [0.5, 0.6) is 0 Å². The van der Waals surface area contributed by atoms with Gasteiger partial charge in [0.05, 0.1) is 4.88 Å². The Bertz CT molecular complexity index is 795. The van der Waals surface area contributed by atoms with Crippen LogP contribution in [0.4, 0.5) is 0 Å². The average Bonchev–Trinajstić information content (AvgIpc) is 3.30. The molecule has 0 unspecified atom stereocenters. The van der Waals surface area contributed by atoms with Gasteiger partial charge in [0, 0.05) is 31.7 Å². The molecule has 29 heavy (non-hydrogen) atoms. The summed E-state index contributed by atoms with van der Waals surface area (Å²) >= 11 is 1.48. The molecule has 2 aromatic rings. The minimum atomic E-state index is 0.0928. The van der Waals surface area contributed by atoms with Crippen LogP contribution >= 0.6 is 11.3 Å². The van der Waals surface area contributed by atoms with Crippen LogP contribution in [-0.4, -0.2) is 80.5 Å². The summed E-state index contributed by atoms with van der Waals surface area (Å²) in [7, 11) is 0. The van der Waals surface area contributed by atoms with Crippen LogP contribution in [0.2, 0.25) is 0 Å². The molecule has 1 aromatic heterocycles. The number of carbonyl (C=O) groups is 2. The monoisotopic (exact) mass is 414 g/mol. The maximum Gasteiger partial charge on any atom is 0.277 e. The number of carbonyl (C=O) groups excluding carboxylic acids is 2. The van der Waals surface area contributed by atoms with E-state index in [1.54, 1.807) is 4.90 Å². The van der Waals surface area contributed by atoms with Crippen LogP contribution in [-0.2, 0) is 11.3 Å². The number of hydrogen-bond acceptors (Lipinski definition) is 3. The Balaban J connectivity index is 1.18. The summed E-state index contributed by atoms with van der Waals surface area (Å²) in [5, 5.41) is 1.93. The summed E-state index contributed by atoms with van der Waals surface area (Å²) in [4.78, 5) is 32.8. The number of benzene rings is 1. The Morgan fingerprint density at radius 2 is 1.48 bits per heavy atom. The molecule has 2 aliphatic rings. The fraction of sp³-hybridized carbons (Fsp3) is 0.455. The normalized spacial score (nSPS) is 22.5. The zero-order valence-corrected chi connectivity index (χ0v) is 17.6. The van der Waals surface area contributed by atoms with E-state index in [9.17, 15) is 9.59 Å². The van der Waals surface area contributed by atoms with Crippen molar-refractivity contribution in [2.45, 2.75) is 6.54 Å². The highest BCUT2D eigenvalue weighted by atomic mass is 32.1. The number of quaternary nitrogens is 2. The van der Waals surface area contributed by atoms with E-state index in [0.29, 0.717) is 32.7 Å². The van der Waals surface area contributed by atoms with Crippen LogP contribution in [0.1, 0.15) is 15.2 Å². The summed E-state index contributed by atoms with van der Waals surface area (Å²) in [6.07, 6.45) is 0. The Morgan fingerprint density at radius 3 is 2.14 bits per heavy atom. The largest absolute Gasteiger partial charge is 0.334 e. The predicted molar refractivity (Wildman–Crippen MR) is 113 cm³/mol. The van der Waals surface area contributed by atoms with E-state index in [1.165, 1.54) is 21.8 Å². The molecule has 2 saturated heterocycles. The van der Waals surface area contributed by atoms with E-state index in [0.717, 1.165) is 37.6 Å². The highest BCUT2D eigenvalue weighted by Crippen LogP contribution is 2.13. The number of thiophene rings is 1. The second-order valence-electron chi connectivity index (χ2n) is 7.99. The number of hydrogen-bond donors (Lipinski definition) is 2. The second-order valence-corrected chi connectivity index (χ2v) is 8.94. The minimum absolute atomic E-state index is 0.0928. The fourth-order valence-electron chi connectivity index (χ4n) is 4.24. The van der Waals surface area contributed by atoms with Gasteiger partial charge in [0.1, 0.15) is 32.7 Å². The van der Waals surface area contributed by atoms with E-state index < -0.39 is 0 Å². The van der Waals surface area contributed by atoms with Crippen molar-refractivity contribution in [1.29, 1.82) is 0 Å². The Hall–Kier alpha value is -2.22. The topological polar surface area (TPSA) is 49.5 Å². The van der Waals surface area contributed by atoms with Crippen molar-refractivity contribution >= 4 is 23.2 Å². The van der Waals surface area contributed by atoms with Crippen molar-refractivity contribution in [1.82, 2.24) is 9.80 Å². The van der Waals surface area contributed by atoms with Crippen molar-refractivity contribution in [2.75, 3.05) is 58.9 Å². The lowest BCUT2D eigenvalue weighted by molar-refractivity contribution is -1.02. The number of amides is 2. The zero-order chi connectivity index (χ0) is 20.1. The summed E-state index contributed by atoms with van der Waals surface area (Å²) < 4.78 is 0. The SMILES string of the molecule is O=C(C[NH+]1CC[NH+](Cc2ccccc2)CC1)N1CCN(C(=O)c2cccs2)CC1. The van der Waals surface area contributed by atoms with Crippen molar-refractivity contribution < 1.29 is 19.4 Å². The zero-order valence-electron chi connectivity index (χ0n) is 16.8. The van der Waals surface area contributed by atoms with E-state index in [4.69, 9.17) is 0 Å². The van der Waals surface area contributed by atoms with E-state index in [-0.39, 0.29) is 11.8 Å². The molecule has 1 aromatic carbocycles. The summed E-state index contributed by atoms with van der Waals surface area (Å²) in [6, 6.07) is 14.4. The third kappa shape index (κ3) is 5.23. The van der Waals surface area contributed by atoms with Crippen LogP contribution in [0.3, 0.4) is 0 Å². The van der Waals surface area contributed by atoms with Gasteiger partial charge >= 0.3 is 0 Å². The molecule has 4 rings (SSSR count). The Morgan fingerprint density at radius 1 is 0.828 bits per heavy atom. The highest BCUT2D eigenvalue weighted by molar-refractivity contribution is 7.12. The fourth-order valence-corrected chi connectivity index (χ4v) is 4.93. The number of nitrogens with zero attached hydrogens (tertiary/aromatic N) is 2. The number of piperazine rings is 2. The van der Waals surface area contributed by atoms with Crippen LogP contribution in [0.25, 0.3) is 0 Å². The van der Waals surface area contributed by atoms with Gasteiger partial charge in [0.25, 0.3) is 11.8 Å². The third-order valence-corrected chi connectivity index (χ3v) is 6.87. The minimum Gasteiger partial charge on any atom is -0.334 e. The van der Waals surface area contributed by atoms with Crippen LogP contribution in [0, 0.1) is 0 Å².